The Morgan fingerprint density at radius 3 is 2.17 bits per heavy atom. The van der Waals surface area contributed by atoms with Gasteiger partial charge in [0.25, 0.3) is 18.4 Å². The standard InChI is InChI=1S/C65H78FN7O8S3Si2/c1-47-32-35-51(36-33-47)84(75,76)80-45-50(81-86(65(3,4)5,52-25-14-12-15-26-52)53-27-16-13-17-28-53)24-21-39-72(59-43-48(2)61(70-69-59)68-64-73(46-78-41-42-85(9,10)11)55-29-18-19-30-57(55)82-64)63-67-60(62(74)77-8)58(83-63)31-22-40-79-56-37-34-49(44-54(56)66)23-20-38-71(6)7/h12-19,25-30,32-37,43-44,50H,21-22,24,31,38-42,45-46H2,1-11H3. The van der Waals surface area contributed by atoms with Crippen LogP contribution in [0.2, 0.25) is 30.7 Å². The summed E-state index contributed by atoms with van der Waals surface area (Å²) >= 11 is 2.85. The second kappa shape index (κ2) is 29.3. The third-order valence-corrected chi connectivity index (χ3v) is 24.6. The summed E-state index contributed by atoms with van der Waals surface area (Å²) in [6.07, 6.45) is 0.755. The molecule has 5 aromatic carbocycles. The molecule has 3 aromatic heterocycles. The van der Waals surface area contributed by atoms with Crippen LogP contribution in [0.1, 0.15) is 72.1 Å². The van der Waals surface area contributed by atoms with Crippen LogP contribution < -0.4 is 24.8 Å². The first-order valence-corrected chi connectivity index (χ1v) is 37.4. The number of aryl methyl sites for hydroxylation is 3. The van der Waals surface area contributed by atoms with Crippen molar-refractivity contribution < 1.29 is 40.4 Å². The average molecular weight is 1260 g/mol. The SMILES string of the molecule is COC(=O)c1nc(N(CCCC(COS(=O)(=O)c2ccc(C)cc2)O[Si](c2ccccc2)(c2ccccc2)C(C)(C)C)c2cc(C)c(N=c3sc4ccccc4n3COCC[Si](C)(C)C)nn2)sc1CCCOc1ccc(C#CCN(C)C)cc1F. The fraction of sp³-hybridized carbons (Fsp3) is 0.369. The Bertz CT molecular complexity index is 3780. The number of benzene rings is 5. The first-order chi connectivity index (χ1) is 41.0. The van der Waals surface area contributed by atoms with Crippen LogP contribution in [0.15, 0.2) is 143 Å². The summed E-state index contributed by atoms with van der Waals surface area (Å²) in [5.41, 5.74) is 3.33. The Morgan fingerprint density at radius 1 is 0.849 bits per heavy atom. The monoisotopic (exact) mass is 1260 g/mol. The summed E-state index contributed by atoms with van der Waals surface area (Å²) in [5, 5.41) is 11.6. The smallest absolute Gasteiger partial charge is 0.357 e. The molecule has 0 amide bonds. The van der Waals surface area contributed by atoms with Gasteiger partial charge in [-0.05, 0) is 129 Å². The van der Waals surface area contributed by atoms with Crippen LogP contribution in [0.5, 0.6) is 5.75 Å². The number of ether oxygens (including phenoxy) is 3. The van der Waals surface area contributed by atoms with E-state index in [0.717, 1.165) is 37.8 Å². The number of methoxy groups -OCH3 is 1. The molecule has 8 rings (SSSR count). The van der Waals surface area contributed by atoms with Crippen molar-refractivity contribution in [3.63, 3.8) is 0 Å². The first-order valence-electron chi connectivity index (χ1n) is 28.8. The van der Waals surface area contributed by atoms with Gasteiger partial charge in [0.1, 0.15) is 6.73 Å². The highest BCUT2D eigenvalue weighted by atomic mass is 32.2. The molecule has 0 aliphatic carbocycles. The molecule has 21 heteroatoms. The molecule has 8 aromatic rings. The van der Waals surface area contributed by atoms with E-state index in [9.17, 15) is 13.2 Å². The molecule has 1 atom stereocenters. The summed E-state index contributed by atoms with van der Waals surface area (Å²) in [7, 11) is -3.68. The molecular formula is C65H78FN7O8S3Si2. The molecular weight excluding hydrogens is 1180 g/mol. The molecule has 0 radical (unpaired) electrons. The van der Waals surface area contributed by atoms with Gasteiger partial charge in [0.05, 0.1) is 48.1 Å². The summed E-state index contributed by atoms with van der Waals surface area (Å²) in [6, 6.07) is 42.7. The fourth-order valence-corrected chi connectivity index (χ4v) is 18.2. The maximum absolute atomic E-state index is 15.2. The topological polar surface area (TPSA) is 160 Å². The van der Waals surface area contributed by atoms with E-state index in [2.05, 4.69) is 93.2 Å². The fourth-order valence-electron chi connectivity index (χ4n) is 9.69. The minimum Gasteiger partial charge on any atom is -0.491 e. The number of carbonyl (C=O) groups is 1. The number of aromatic nitrogens is 4. The molecule has 86 heavy (non-hydrogen) atoms. The molecule has 0 spiro atoms. The molecule has 3 heterocycles. The average Bonchev–Trinajstić information content (AvgIpc) is 1.34. The van der Waals surface area contributed by atoms with Crippen molar-refractivity contribution in [3.05, 3.63) is 171 Å². The van der Waals surface area contributed by atoms with E-state index >= 15 is 4.39 Å². The Labute approximate surface area is 516 Å². The summed E-state index contributed by atoms with van der Waals surface area (Å²) in [4.78, 5) is 28.9. The molecule has 0 saturated carbocycles. The van der Waals surface area contributed by atoms with E-state index in [-0.39, 0.29) is 36.1 Å². The molecule has 1 unspecified atom stereocenters. The molecule has 0 saturated heterocycles. The van der Waals surface area contributed by atoms with Crippen LogP contribution in [0, 0.1) is 31.5 Å². The quantitative estimate of drug-likeness (QED) is 0.0157. The largest absolute Gasteiger partial charge is 0.491 e. The number of carbonyl (C=O) groups excluding carboxylic acids is 1. The van der Waals surface area contributed by atoms with Crippen molar-refractivity contribution in [2.24, 2.45) is 4.99 Å². The summed E-state index contributed by atoms with van der Waals surface area (Å²) < 4.78 is 77.6. The van der Waals surface area contributed by atoms with Crippen molar-refractivity contribution in [1.29, 1.82) is 0 Å². The highest BCUT2D eigenvalue weighted by Gasteiger charge is 2.51. The van der Waals surface area contributed by atoms with Crippen LogP contribution in [0.3, 0.4) is 0 Å². The lowest BCUT2D eigenvalue weighted by atomic mass is 10.2. The van der Waals surface area contributed by atoms with E-state index in [1.807, 2.05) is 92.3 Å². The first kappa shape index (κ1) is 65.3. The van der Waals surface area contributed by atoms with Gasteiger partial charge in [-0.3, -0.25) is 13.7 Å². The van der Waals surface area contributed by atoms with Crippen molar-refractivity contribution in [2.45, 2.75) is 109 Å². The van der Waals surface area contributed by atoms with Gasteiger partial charge in [-0.2, -0.15) is 13.4 Å². The number of hydrogen-bond acceptors (Lipinski definition) is 16. The number of nitrogens with zero attached hydrogens (tertiary/aromatic N) is 7. The van der Waals surface area contributed by atoms with E-state index in [0.29, 0.717) is 77.6 Å². The van der Waals surface area contributed by atoms with Crippen molar-refractivity contribution in [3.8, 4) is 17.6 Å². The van der Waals surface area contributed by atoms with Gasteiger partial charge < -0.3 is 23.5 Å². The van der Waals surface area contributed by atoms with E-state index in [4.69, 9.17) is 43.0 Å². The Balaban J connectivity index is 1.15. The van der Waals surface area contributed by atoms with Gasteiger partial charge in [0.2, 0.25) is 0 Å². The number of thiazole rings is 2. The lowest BCUT2D eigenvalue weighted by Gasteiger charge is -2.45. The third-order valence-electron chi connectivity index (χ3n) is 14.3. The number of halogens is 1. The molecule has 15 nitrogen and oxygen atoms in total. The maximum atomic E-state index is 15.2. The van der Waals surface area contributed by atoms with E-state index < -0.39 is 49.4 Å². The second-order valence-electron chi connectivity index (χ2n) is 23.6. The Morgan fingerprint density at radius 2 is 1.53 bits per heavy atom. The zero-order chi connectivity index (χ0) is 61.7. The Kier molecular flexibility index (Phi) is 22.2. The minimum absolute atomic E-state index is 0.0471. The van der Waals surface area contributed by atoms with Gasteiger partial charge in [-0.1, -0.05) is 154 Å². The van der Waals surface area contributed by atoms with Crippen molar-refractivity contribution in [2.75, 3.05) is 59.0 Å². The van der Waals surface area contributed by atoms with E-state index in [1.165, 1.54) is 24.5 Å². The third kappa shape index (κ3) is 16.9. The molecule has 0 fully saturated rings. The van der Waals surface area contributed by atoms with Gasteiger partial charge in [-0.15, -0.1) is 21.5 Å². The molecule has 454 valence electrons. The van der Waals surface area contributed by atoms with Crippen molar-refractivity contribution in [1.82, 2.24) is 24.6 Å². The van der Waals surface area contributed by atoms with E-state index in [1.54, 1.807) is 47.7 Å². The van der Waals surface area contributed by atoms with Crippen LogP contribution in [-0.2, 0) is 41.4 Å². The number of fused-ring (bicyclic) bond motifs is 1. The van der Waals surface area contributed by atoms with Crippen LogP contribution in [-0.4, -0.2) is 116 Å². The molecule has 0 aliphatic heterocycles. The zero-order valence-electron chi connectivity index (χ0n) is 51.1. The summed E-state index contributed by atoms with van der Waals surface area (Å²) in [5.74, 6) is 5.82. The predicted octanol–water partition coefficient (Wildman–Crippen LogP) is 12.2. The van der Waals surface area contributed by atoms with Crippen LogP contribution in [0.4, 0.5) is 21.2 Å². The lowest BCUT2D eigenvalue weighted by Crippen LogP contribution is -2.68. The van der Waals surface area contributed by atoms with Crippen LogP contribution in [0.25, 0.3) is 10.2 Å². The van der Waals surface area contributed by atoms with Gasteiger partial charge >= 0.3 is 5.97 Å². The van der Waals surface area contributed by atoms with Gasteiger partial charge in [-0.25, -0.2) is 14.2 Å². The maximum Gasteiger partial charge on any atom is 0.357 e. The number of hydrogen-bond donors (Lipinski definition) is 0. The molecule has 0 aliphatic rings. The molecule has 0 N–H and O–H groups in total. The lowest BCUT2D eigenvalue weighted by molar-refractivity contribution is 0.0593. The predicted molar refractivity (Wildman–Crippen MR) is 348 cm³/mol. The zero-order valence-corrected chi connectivity index (χ0v) is 55.5. The van der Waals surface area contributed by atoms with Gasteiger partial charge in [0.15, 0.2) is 38.8 Å². The van der Waals surface area contributed by atoms with Gasteiger partial charge in [0, 0.05) is 31.7 Å². The number of rotatable bonds is 27. The number of esters is 1. The van der Waals surface area contributed by atoms with Crippen LogP contribution >= 0.6 is 22.7 Å². The Hall–Kier alpha value is -6.72. The highest BCUT2D eigenvalue weighted by Crippen LogP contribution is 2.39. The molecule has 0 bridgehead atoms. The normalized spacial score (nSPS) is 12.8. The second-order valence-corrected chi connectivity index (χ2v) is 37.2. The minimum atomic E-state index is -4.22. The van der Waals surface area contributed by atoms with Crippen molar-refractivity contribution >= 4 is 92.5 Å². The highest BCUT2D eigenvalue weighted by molar-refractivity contribution is 7.86. The number of anilines is 2. The number of para-hydroxylation sites is 1. The summed E-state index contributed by atoms with van der Waals surface area (Å²) in [6.45, 7) is 19.0.